The fourth-order valence-electron chi connectivity index (χ4n) is 1.14. The molecule has 0 spiro atoms. The van der Waals surface area contributed by atoms with E-state index in [0.717, 1.165) is 5.56 Å². The topological polar surface area (TPSA) is 30.2 Å². The Hall–Kier alpha value is -1.57. The summed E-state index contributed by atoms with van der Waals surface area (Å²) in [7, 11) is 0. The van der Waals surface area contributed by atoms with Gasteiger partial charge in [0, 0.05) is 11.5 Å². The van der Waals surface area contributed by atoms with Gasteiger partial charge in [-0.3, -0.25) is 4.79 Å². The van der Waals surface area contributed by atoms with Crippen LogP contribution in [0.15, 0.2) is 23.6 Å². The summed E-state index contributed by atoms with van der Waals surface area (Å²) in [5, 5.41) is 0. The van der Waals surface area contributed by atoms with E-state index in [2.05, 4.69) is 13.2 Å². The van der Waals surface area contributed by atoms with Crippen molar-refractivity contribution in [3.8, 4) is 0 Å². The second-order valence-corrected chi connectivity index (χ2v) is 3.36. The summed E-state index contributed by atoms with van der Waals surface area (Å²) in [5.74, 6) is 0.923. The Labute approximate surface area is 83.9 Å². The van der Waals surface area contributed by atoms with Gasteiger partial charge in [0.1, 0.15) is 5.76 Å². The first-order valence-electron chi connectivity index (χ1n) is 4.53. The summed E-state index contributed by atoms with van der Waals surface area (Å²) in [6.07, 6.45) is 3.23. The van der Waals surface area contributed by atoms with Gasteiger partial charge in [0.05, 0.1) is 0 Å². The molecule has 0 amide bonds. The van der Waals surface area contributed by atoms with Crippen LogP contribution >= 0.6 is 0 Å². The molecule has 2 nitrogen and oxygen atoms in total. The Kier molecular flexibility index (Phi) is 3.07. The van der Waals surface area contributed by atoms with E-state index in [9.17, 15) is 4.79 Å². The molecule has 0 bridgehead atoms. The Bertz CT molecular complexity index is 344. The molecule has 1 rings (SSSR count). The molecule has 0 aliphatic rings. The van der Waals surface area contributed by atoms with Crippen molar-refractivity contribution in [2.45, 2.75) is 13.8 Å². The Morgan fingerprint density at radius 1 is 1.43 bits per heavy atom. The third-order valence-corrected chi connectivity index (χ3v) is 1.96. The van der Waals surface area contributed by atoms with Gasteiger partial charge in [-0.15, -0.1) is 0 Å². The van der Waals surface area contributed by atoms with Crippen LogP contribution in [0.1, 0.15) is 35.7 Å². The Morgan fingerprint density at radius 3 is 2.43 bits per heavy atom. The molecule has 74 valence electrons. The minimum absolute atomic E-state index is 0.00111. The molecular weight excluding hydrogens is 176 g/mol. The summed E-state index contributed by atoms with van der Waals surface area (Å²) < 4.78 is 5.34. The molecule has 0 N–H and O–H groups in total. The second kappa shape index (κ2) is 4.09. The van der Waals surface area contributed by atoms with Crippen molar-refractivity contribution in [1.82, 2.24) is 0 Å². The fourth-order valence-corrected chi connectivity index (χ4v) is 1.14. The molecule has 0 aliphatic heterocycles. The standard InChI is InChI=1S/C12H14O2/c1-5-9-7-11(12(13)8(3)4)14-10(9)6-2/h5-8H,1-2H2,3-4H3. The van der Waals surface area contributed by atoms with Crippen molar-refractivity contribution in [3.05, 3.63) is 36.3 Å². The molecule has 1 heterocycles. The van der Waals surface area contributed by atoms with Gasteiger partial charge in [-0.2, -0.15) is 0 Å². The molecule has 0 saturated carbocycles. The molecule has 14 heavy (non-hydrogen) atoms. The molecule has 0 radical (unpaired) electrons. The minimum atomic E-state index is -0.0588. The maximum atomic E-state index is 11.6. The molecule has 0 unspecified atom stereocenters. The van der Waals surface area contributed by atoms with E-state index in [-0.39, 0.29) is 11.7 Å². The average Bonchev–Trinajstić information content (AvgIpc) is 2.59. The van der Waals surface area contributed by atoms with Crippen LogP contribution in [-0.4, -0.2) is 5.78 Å². The van der Waals surface area contributed by atoms with Gasteiger partial charge in [-0.25, -0.2) is 0 Å². The molecule has 0 aromatic carbocycles. The Balaban J connectivity index is 3.12. The van der Waals surface area contributed by atoms with Crippen molar-refractivity contribution >= 4 is 17.9 Å². The van der Waals surface area contributed by atoms with Gasteiger partial charge in [0.15, 0.2) is 5.76 Å². The number of carbonyl (C=O) groups excluding carboxylic acids is 1. The summed E-state index contributed by atoms with van der Waals surface area (Å²) in [4.78, 5) is 11.6. The van der Waals surface area contributed by atoms with Crippen LogP contribution in [0.2, 0.25) is 0 Å². The highest BCUT2D eigenvalue weighted by Gasteiger charge is 2.16. The summed E-state index contributed by atoms with van der Waals surface area (Å²) in [6.45, 7) is 10.9. The summed E-state index contributed by atoms with van der Waals surface area (Å²) >= 11 is 0. The number of ketones is 1. The van der Waals surface area contributed by atoms with Gasteiger partial charge >= 0.3 is 0 Å². The van der Waals surface area contributed by atoms with Gasteiger partial charge in [-0.1, -0.05) is 33.1 Å². The number of rotatable bonds is 4. The quantitative estimate of drug-likeness (QED) is 0.681. The average molecular weight is 190 g/mol. The second-order valence-electron chi connectivity index (χ2n) is 3.36. The first-order chi connectivity index (χ1) is 6.60. The van der Waals surface area contributed by atoms with Crippen molar-refractivity contribution in [3.63, 3.8) is 0 Å². The first kappa shape index (κ1) is 10.5. The lowest BCUT2D eigenvalue weighted by Gasteiger charge is -1.98. The predicted octanol–water partition coefficient (Wildman–Crippen LogP) is 3.40. The molecule has 1 aromatic rings. The lowest BCUT2D eigenvalue weighted by molar-refractivity contribution is 0.0911. The maximum Gasteiger partial charge on any atom is 0.200 e. The smallest absolute Gasteiger partial charge is 0.200 e. The molecule has 0 atom stereocenters. The van der Waals surface area contributed by atoms with Crippen molar-refractivity contribution in [2.24, 2.45) is 5.92 Å². The van der Waals surface area contributed by atoms with E-state index < -0.39 is 0 Å². The van der Waals surface area contributed by atoms with Crippen LogP contribution in [-0.2, 0) is 0 Å². The maximum absolute atomic E-state index is 11.6. The summed E-state index contributed by atoms with van der Waals surface area (Å²) in [6, 6.07) is 1.70. The van der Waals surface area contributed by atoms with E-state index in [1.54, 1.807) is 18.2 Å². The van der Waals surface area contributed by atoms with Gasteiger partial charge in [0.25, 0.3) is 0 Å². The third kappa shape index (κ3) is 1.84. The number of carbonyl (C=O) groups is 1. The van der Waals surface area contributed by atoms with Crippen molar-refractivity contribution in [1.29, 1.82) is 0 Å². The highest BCUT2D eigenvalue weighted by molar-refractivity contribution is 5.95. The molecular formula is C12H14O2. The highest BCUT2D eigenvalue weighted by atomic mass is 16.3. The van der Waals surface area contributed by atoms with E-state index >= 15 is 0 Å². The number of hydrogen-bond donors (Lipinski definition) is 0. The zero-order valence-corrected chi connectivity index (χ0v) is 8.54. The van der Waals surface area contributed by atoms with Crippen LogP contribution < -0.4 is 0 Å². The minimum Gasteiger partial charge on any atom is -0.453 e. The Morgan fingerprint density at radius 2 is 2.07 bits per heavy atom. The van der Waals surface area contributed by atoms with Gasteiger partial charge in [0.2, 0.25) is 5.78 Å². The van der Waals surface area contributed by atoms with E-state index in [0.29, 0.717) is 11.5 Å². The van der Waals surface area contributed by atoms with Crippen molar-refractivity contribution < 1.29 is 9.21 Å². The molecule has 0 aliphatic carbocycles. The van der Waals surface area contributed by atoms with Crippen LogP contribution in [0.25, 0.3) is 12.2 Å². The van der Waals surface area contributed by atoms with Gasteiger partial charge in [-0.05, 0) is 12.1 Å². The highest BCUT2D eigenvalue weighted by Crippen LogP contribution is 2.20. The fraction of sp³-hybridized carbons (Fsp3) is 0.250. The van der Waals surface area contributed by atoms with Crippen LogP contribution in [0, 0.1) is 5.92 Å². The van der Waals surface area contributed by atoms with E-state index in [1.807, 2.05) is 13.8 Å². The van der Waals surface area contributed by atoms with Crippen molar-refractivity contribution in [2.75, 3.05) is 0 Å². The summed E-state index contributed by atoms with van der Waals surface area (Å²) in [5.41, 5.74) is 0.809. The monoisotopic (exact) mass is 190 g/mol. The third-order valence-electron chi connectivity index (χ3n) is 1.96. The van der Waals surface area contributed by atoms with Crippen LogP contribution in [0.5, 0.6) is 0 Å². The van der Waals surface area contributed by atoms with Crippen LogP contribution in [0.4, 0.5) is 0 Å². The predicted molar refractivity (Wildman–Crippen MR) is 58.1 cm³/mol. The molecule has 0 saturated heterocycles. The van der Waals surface area contributed by atoms with E-state index in [4.69, 9.17) is 4.42 Å². The zero-order chi connectivity index (χ0) is 10.7. The SMILES string of the molecule is C=Cc1cc(C(=O)C(C)C)oc1C=C. The number of furan rings is 1. The lowest BCUT2D eigenvalue weighted by atomic mass is 10.1. The molecule has 1 aromatic heterocycles. The first-order valence-corrected chi connectivity index (χ1v) is 4.53. The van der Waals surface area contributed by atoms with Crippen LogP contribution in [0.3, 0.4) is 0 Å². The molecule has 2 heteroatoms. The normalized spacial score (nSPS) is 10.2. The largest absolute Gasteiger partial charge is 0.453 e. The lowest BCUT2D eigenvalue weighted by Crippen LogP contribution is -2.05. The molecule has 0 fully saturated rings. The number of hydrogen-bond acceptors (Lipinski definition) is 2. The van der Waals surface area contributed by atoms with E-state index in [1.165, 1.54) is 0 Å². The van der Waals surface area contributed by atoms with Gasteiger partial charge < -0.3 is 4.42 Å². The number of Topliss-reactive ketones (excluding diaryl/α,β-unsaturated/α-hetero) is 1. The zero-order valence-electron chi connectivity index (χ0n) is 8.54.